The van der Waals surface area contributed by atoms with Crippen LogP contribution in [0.4, 0.5) is 9.39 Å². The van der Waals surface area contributed by atoms with E-state index in [4.69, 9.17) is 0 Å². The zero-order chi connectivity index (χ0) is 19.0. The molecule has 4 rings (SSSR count). The molecule has 1 aromatic carbocycles. The van der Waals surface area contributed by atoms with Crippen molar-refractivity contribution in [3.63, 3.8) is 0 Å². The lowest BCUT2D eigenvalue weighted by molar-refractivity contribution is 0.103. The highest BCUT2D eigenvalue weighted by Crippen LogP contribution is 2.38. The highest BCUT2D eigenvalue weighted by molar-refractivity contribution is 7.18. The second kappa shape index (κ2) is 7.22. The van der Waals surface area contributed by atoms with Crippen molar-refractivity contribution in [3.8, 4) is 16.6 Å². The summed E-state index contributed by atoms with van der Waals surface area (Å²) in [5, 5.41) is 13.8. The summed E-state index contributed by atoms with van der Waals surface area (Å²) in [6, 6.07) is 8.31. The largest absolute Gasteiger partial charge is 0.312 e. The van der Waals surface area contributed by atoms with Crippen LogP contribution in [0.5, 0.6) is 0 Å². The molecule has 0 aliphatic heterocycles. The van der Waals surface area contributed by atoms with Crippen LogP contribution >= 0.6 is 22.7 Å². The Kier molecular flexibility index (Phi) is 4.77. The number of thiophene rings is 1. The van der Waals surface area contributed by atoms with Crippen LogP contribution in [0.2, 0.25) is 0 Å². The quantitative estimate of drug-likeness (QED) is 0.650. The van der Waals surface area contributed by atoms with E-state index in [9.17, 15) is 14.4 Å². The van der Waals surface area contributed by atoms with E-state index in [1.54, 1.807) is 19.1 Å². The number of anilines is 1. The van der Waals surface area contributed by atoms with Gasteiger partial charge in [0.25, 0.3) is 5.91 Å². The number of thiazole rings is 1. The molecule has 0 fully saturated rings. The zero-order valence-corrected chi connectivity index (χ0v) is 16.3. The molecule has 0 saturated heterocycles. The first-order chi connectivity index (χ1) is 13.1. The van der Waals surface area contributed by atoms with E-state index in [0.29, 0.717) is 26.1 Å². The van der Waals surface area contributed by atoms with Gasteiger partial charge in [-0.25, -0.2) is 9.37 Å². The van der Waals surface area contributed by atoms with E-state index in [0.717, 1.165) is 36.8 Å². The number of carbonyl (C=O) groups is 1. The molecule has 2 heterocycles. The van der Waals surface area contributed by atoms with Gasteiger partial charge in [-0.05, 0) is 62.4 Å². The fourth-order valence-corrected chi connectivity index (χ4v) is 5.46. The number of aryl methyl sites for hydroxylation is 2. The van der Waals surface area contributed by atoms with Crippen LogP contribution in [0, 0.1) is 24.1 Å². The van der Waals surface area contributed by atoms with Crippen LogP contribution in [-0.2, 0) is 12.8 Å². The number of hydrogen-bond donors (Lipinski definition) is 1. The van der Waals surface area contributed by atoms with Crippen molar-refractivity contribution in [1.29, 1.82) is 5.26 Å². The van der Waals surface area contributed by atoms with Gasteiger partial charge in [0.2, 0.25) is 0 Å². The number of aromatic nitrogens is 1. The number of nitrogens with one attached hydrogen (secondary N) is 1. The molecule has 7 heteroatoms. The first-order valence-electron chi connectivity index (χ1n) is 8.66. The fourth-order valence-electron chi connectivity index (χ4n) is 3.26. The Balaban J connectivity index is 1.62. The van der Waals surface area contributed by atoms with Crippen LogP contribution in [0.1, 0.15) is 44.2 Å². The molecule has 1 N–H and O–H groups in total. The number of benzene rings is 1. The highest BCUT2D eigenvalue weighted by atomic mass is 32.1. The van der Waals surface area contributed by atoms with Crippen molar-refractivity contribution >= 4 is 33.6 Å². The molecule has 1 aliphatic rings. The molecule has 2 aromatic heterocycles. The van der Waals surface area contributed by atoms with Gasteiger partial charge in [-0.3, -0.25) is 4.79 Å². The highest BCUT2D eigenvalue weighted by Gasteiger charge is 2.23. The van der Waals surface area contributed by atoms with E-state index < -0.39 is 0 Å². The monoisotopic (exact) mass is 397 g/mol. The number of hydrogen-bond acceptors (Lipinski definition) is 5. The van der Waals surface area contributed by atoms with E-state index in [2.05, 4.69) is 16.4 Å². The number of carbonyl (C=O) groups excluding carboxylic acids is 1. The Hall–Kier alpha value is -2.56. The topological polar surface area (TPSA) is 65.8 Å². The third kappa shape index (κ3) is 3.38. The number of amides is 1. The number of nitriles is 1. The molecular formula is C20H16FN3OS2. The predicted molar refractivity (Wildman–Crippen MR) is 106 cm³/mol. The third-order valence-electron chi connectivity index (χ3n) is 4.60. The number of fused-ring (bicyclic) bond motifs is 1. The van der Waals surface area contributed by atoms with Crippen molar-refractivity contribution in [2.75, 3.05) is 5.32 Å². The molecule has 4 nitrogen and oxygen atoms in total. The first kappa shape index (κ1) is 17.8. The molecule has 136 valence electrons. The van der Waals surface area contributed by atoms with E-state index >= 15 is 0 Å². The molecule has 1 aliphatic carbocycles. The second-order valence-corrected chi connectivity index (χ2v) is 8.53. The smallest absolute Gasteiger partial charge is 0.268 e. The zero-order valence-electron chi connectivity index (χ0n) is 14.6. The molecule has 0 saturated carbocycles. The normalized spacial score (nSPS) is 13.1. The van der Waals surface area contributed by atoms with Gasteiger partial charge < -0.3 is 5.32 Å². The molecule has 3 aromatic rings. The number of nitrogens with zero attached hydrogens (tertiary/aromatic N) is 2. The Morgan fingerprint density at radius 3 is 2.70 bits per heavy atom. The molecule has 1 amide bonds. The van der Waals surface area contributed by atoms with Gasteiger partial charge in [-0.1, -0.05) is 0 Å². The van der Waals surface area contributed by atoms with Crippen LogP contribution in [0.3, 0.4) is 0 Å². The predicted octanol–water partition coefficient (Wildman–Crippen LogP) is 5.32. The average Bonchev–Trinajstić information content (AvgIpc) is 3.22. The molecule has 27 heavy (non-hydrogen) atoms. The summed E-state index contributed by atoms with van der Waals surface area (Å²) >= 11 is 2.78. The molecule has 0 unspecified atom stereocenters. The van der Waals surface area contributed by atoms with Crippen molar-refractivity contribution in [2.24, 2.45) is 0 Å². The maximum absolute atomic E-state index is 13.1. The van der Waals surface area contributed by atoms with Crippen molar-refractivity contribution in [2.45, 2.75) is 32.6 Å². The van der Waals surface area contributed by atoms with Crippen LogP contribution in [0.15, 0.2) is 24.3 Å². The van der Waals surface area contributed by atoms with Crippen molar-refractivity contribution < 1.29 is 9.18 Å². The molecular weight excluding hydrogens is 381 g/mol. The minimum atomic E-state index is -0.310. The number of rotatable bonds is 3. The molecule has 0 bridgehead atoms. The standard InChI is InChI=1S/C20H16FN3OS2/c1-11-17(27-19(23-11)12-6-8-13(21)9-7-12)18(25)24-20-15(10-22)14-4-2-3-5-16(14)26-20/h6-9H,2-5H2,1H3,(H,24,25). The Morgan fingerprint density at radius 2 is 1.96 bits per heavy atom. The summed E-state index contributed by atoms with van der Waals surface area (Å²) in [6.45, 7) is 1.78. The minimum Gasteiger partial charge on any atom is -0.312 e. The minimum absolute atomic E-state index is 0.256. The lowest BCUT2D eigenvalue weighted by Crippen LogP contribution is -2.11. The fraction of sp³-hybridized carbons (Fsp3) is 0.250. The summed E-state index contributed by atoms with van der Waals surface area (Å²) in [5.74, 6) is -0.566. The van der Waals surface area contributed by atoms with Crippen LogP contribution in [0.25, 0.3) is 10.6 Å². The van der Waals surface area contributed by atoms with Crippen LogP contribution < -0.4 is 5.32 Å². The molecule has 0 radical (unpaired) electrons. The van der Waals surface area contributed by atoms with Gasteiger partial charge >= 0.3 is 0 Å². The summed E-state index contributed by atoms with van der Waals surface area (Å²) in [4.78, 5) is 19.0. The maximum atomic E-state index is 13.1. The second-order valence-electron chi connectivity index (χ2n) is 6.42. The van der Waals surface area contributed by atoms with Crippen molar-refractivity contribution in [1.82, 2.24) is 4.98 Å². The molecule has 0 atom stereocenters. The summed E-state index contributed by atoms with van der Waals surface area (Å²) in [6.07, 6.45) is 4.08. The maximum Gasteiger partial charge on any atom is 0.268 e. The van der Waals surface area contributed by atoms with E-state index in [1.165, 1.54) is 39.7 Å². The summed E-state index contributed by atoms with van der Waals surface area (Å²) in [7, 11) is 0. The Bertz CT molecular complexity index is 1060. The van der Waals surface area contributed by atoms with Gasteiger partial charge in [0.05, 0.1) is 11.3 Å². The third-order valence-corrected chi connectivity index (χ3v) is 7.02. The Morgan fingerprint density at radius 1 is 1.22 bits per heavy atom. The number of halogens is 1. The van der Waals surface area contributed by atoms with E-state index in [1.807, 2.05) is 0 Å². The summed E-state index contributed by atoms with van der Waals surface area (Å²) < 4.78 is 13.1. The van der Waals surface area contributed by atoms with Gasteiger partial charge in [0.1, 0.15) is 26.8 Å². The lowest BCUT2D eigenvalue weighted by Gasteiger charge is -2.09. The SMILES string of the molecule is Cc1nc(-c2ccc(F)cc2)sc1C(=O)Nc1sc2c(c1C#N)CCCC2. The van der Waals surface area contributed by atoms with Gasteiger partial charge in [0.15, 0.2) is 0 Å². The van der Waals surface area contributed by atoms with Crippen LogP contribution in [-0.4, -0.2) is 10.9 Å². The Labute approximate surface area is 164 Å². The molecule has 0 spiro atoms. The van der Waals surface area contributed by atoms with Gasteiger partial charge in [0, 0.05) is 10.4 Å². The van der Waals surface area contributed by atoms with Gasteiger partial charge in [-0.2, -0.15) is 5.26 Å². The average molecular weight is 398 g/mol. The lowest BCUT2D eigenvalue weighted by atomic mass is 9.96. The summed E-state index contributed by atoms with van der Waals surface area (Å²) in [5.41, 5.74) is 3.09. The van der Waals surface area contributed by atoms with E-state index in [-0.39, 0.29) is 11.7 Å². The first-order valence-corrected chi connectivity index (χ1v) is 10.3. The van der Waals surface area contributed by atoms with Gasteiger partial charge in [-0.15, -0.1) is 22.7 Å². The van der Waals surface area contributed by atoms with Crippen molar-refractivity contribution in [3.05, 3.63) is 56.7 Å².